The fourth-order valence-corrected chi connectivity index (χ4v) is 3.16. The average molecular weight is 354 g/mol. The molecule has 1 saturated heterocycles. The summed E-state index contributed by atoms with van der Waals surface area (Å²) < 4.78 is 1.47. The van der Waals surface area contributed by atoms with Crippen molar-refractivity contribution < 1.29 is 14.7 Å². The van der Waals surface area contributed by atoms with Gasteiger partial charge in [0.15, 0.2) is 0 Å². The molecule has 1 aromatic heterocycles. The van der Waals surface area contributed by atoms with Crippen LogP contribution in [-0.2, 0) is 4.79 Å². The highest BCUT2D eigenvalue weighted by atomic mass is 35.5. The first-order valence-electron chi connectivity index (χ1n) is 7.01. The predicted octanol–water partition coefficient (Wildman–Crippen LogP) is 2.87. The second-order valence-corrected chi connectivity index (χ2v) is 6.11. The largest absolute Gasteiger partial charge is 0.480 e. The van der Waals surface area contributed by atoms with Gasteiger partial charge in [0.2, 0.25) is 0 Å². The molecule has 1 amide bonds. The average Bonchev–Trinajstić information content (AvgIpc) is 3.16. The SMILES string of the molecule is O=C(O)[C@H]1CCCN1C(=O)c1cnn(-c2ccc(Cl)cc2Cl)c1. The van der Waals surface area contributed by atoms with Crippen molar-refractivity contribution in [3.63, 3.8) is 0 Å². The molecule has 1 atom stereocenters. The van der Waals surface area contributed by atoms with Crippen LogP contribution in [0.25, 0.3) is 5.69 Å². The molecule has 1 aromatic carbocycles. The van der Waals surface area contributed by atoms with Crippen LogP contribution < -0.4 is 0 Å². The number of benzene rings is 1. The number of hydrogen-bond donors (Lipinski definition) is 1. The van der Waals surface area contributed by atoms with Crippen molar-refractivity contribution in [2.75, 3.05) is 6.54 Å². The van der Waals surface area contributed by atoms with Crippen LogP contribution >= 0.6 is 23.2 Å². The molecular weight excluding hydrogens is 341 g/mol. The number of rotatable bonds is 3. The maximum Gasteiger partial charge on any atom is 0.326 e. The van der Waals surface area contributed by atoms with Crippen molar-refractivity contribution in [1.82, 2.24) is 14.7 Å². The third-order valence-corrected chi connectivity index (χ3v) is 4.32. The van der Waals surface area contributed by atoms with Gasteiger partial charge in [0.1, 0.15) is 6.04 Å². The number of aliphatic carboxylic acids is 1. The van der Waals surface area contributed by atoms with Crippen LogP contribution in [0.1, 0.15) is 23.2 Å². The number of carbonyl (C=O) groups is 2. The van der Waals surface area contributed by atoms with Gasteiger partial charge in [0.05, 0.1) is 22.5 Å². The first kappa shape index (κ1) is 15.8. The number of likely N-dealkylation sites (tertiary alicyclic amines) is 1. The fraction of sp³-hybridized carbons (Fsp3) is 0.267. The summed E-state index contributed by atoms with van der Waals surface area (Å²) in [7, 11) is 0. The third kappa shape index (κ3) is 3.04. The molecule has 0 unspecified atom stereocenters. The molecule has 0 radical (unpaired) electrons. The Kier molecular flexibility index (Phi) is 4.28. The monoisotopic (exact) mass is 353 g/mol. The molecule has 1 fully saturated rings. The number of carboxylic acid groups (broad SMARTS) is 1. The Morgan fingerprint density at radius 3 is 2.78 bits per heavy atom. The molecule has 1 aliphatic rings. The van der Waals surface area contributed by atoms with Gasteiger partial charge in [0.25, 0.3) is 5.91 Å². The first-order valence-corrected chi connectivity index (χ1v) is 7.77. The van der Waals surface area contributed by atoms with E-state index < -0.39 is 12.0 Å². The van der Waals surface area contributed by atoms with Gasteiger partial charge in [0, 0.05) is 17.8 Å². The number of aromatic nitrogens is 2. The van der Waals surface area contributed by atoms with Crippen molar-refractivity contribution >= 4 is 35.1 Å². The van der Waals surface area contributed by atoms with Crippen molar-refractivity contribution in [2.24, 2.45) is 0 Å². The Labute approximate surface area is 142 Å². The van der Waals surface area contributed by atoms with Crippen LogP contribution in [0.2, 0.25) is 10.0 Å². The highest BCUT2D eigenvalue weighted by Crippen LogP contribution is 2.25. The summed E-state index contributed by atoms with van der Waals surface area (Å²) in [5.74, 6) is -1.32. The minimum absolute atomic E-state index is 0.323. The summed E-state index contributed by atoms with van der Waals surface area (Å²) in [6.07, 6.45) is 4.09. The number of halogens is 2. The van der Waals surface area contributed by atoms with E-state index >= 15 is 0 Å². The van der Waals surface area contributed by atoms with Gasteiger partial charge in [-0.05, 0) is 31.0 Å². The maximum absolute atomic E-state index is 12.5. The lowest BCUT2D eigenvalue weighted by Gasteiger charge is -2.20. The van der Waals surface area contributed by atoms with Crippen LogP contribution in [0.4, 0.5) is 0 Å². The smallest absolute Gasteiger partial charge is 0.326 e. The molecule has 2 aromatic rings. The second kappa shape index (κ2) is 6.22. The van der Waals surface area contributed by atoms with Gasteiger partial charge in [-0.15, -0.1) is 0 Å². The van der Waals surface area contributed by atoms with E-state index in [0.717, 1.165) is 0 Å². The molecule has 8 heteroatoms. The highest BCUT2D eigenvalue weighted by Gasteiger charge is 2.34. The van der Waals surface area contributed by atoms with Gasteiger partial charge in [-0.1, -0.05) is 23.2 Å². The van der Waals surface area contributed by atoms with E-state index in [1.807, 2.05) is 0 Å². The topological polar surface area (TPSA) is 75.4 Å². The summed E-state index contributed by atoms with van der Waals surface area (Å²) in [5.41, 5.74) is 0.912. The fourth-order valence-electron chi connectivity index (χ4n) is 2.66. The third-order valence-electron chi connectivity index (χ3n) is 3.78. The zero-order chi connectivity index (χ0) is 16.6. The predicted molar refractivity (Wildman–Crippen MR) is 85.3 cm³/mol. The minimum Gasteiger partial charge on any atom is -0.480 e. The summed E-state index contributed by atoms with van der Waals surface area (Å²) in [6, 6.07) is 4.18. The van der Waals surface area contributed by atoms with E-state index in [1.54, 1.807) is 18.2 Å². The van der Waals surface area contributed by atoms with Crippen LogP contribution in [0.5, 0.6) is 0 Å². The maximum atomic E-state index is 12.5. The lowest BCUT2D eigenvalue weighted by atomic mass is 10.2. The Balaban J connectivity index is 1.87. The van der Waals surface area contributed by atoms with Gasteiger partial charge >= 0.3 is 5.97 Å². The number of carboxylic acids is 1. The van der Waals surface area contributed by atoms with E-state index in [4.69, 9.17) is 23.2 Å². The molecule has 0 bridgehead atoms. The Bertz CT molecular complexity index is 775. The summed E-state index contributed by atoms with van der Waals surface area (Å²) in [4.78, 5) is 25.1. The lowest BCUT2D eigenvalue weighted by Crippen LogP contribution is -2.40. The van der Waals surface area contributed by atoms with Crippen LogP contribution in [0.3, 0.4) is 0 Å². The zero-order valence-corrected chi connectivity index (χ0v) is 13.5. The van der Waals surface area contributed by atoms with Crippen LogP contribution in [0, 0.1) is 0 Å². The molecule has 120 valence electrons. The van der Waals surface area contributed by atoms with Gasteiger partial charge in [-0.25, -0.2) is 9.48 Å². The van der Waals surface area contributed by atoms with E-state index in [2.05, 4.69) is 5.10 Å². The molecule has 1 aliphatic heterocycles. The first-order chi connectivity index (χ1) is 11.0. The zero-order valence-electron chi connectivity index (χ0n) is 11.9. The Morgan fingerprint density at radius 2 is 2.09 bits per heavy atom. The normalized spacial score (nSPS) is 17.5. The van der Waals surface area contributed by atoms with E-state index in [1.165, 1.54) is 22.0 Å². The Morgan fingerprint density at radius 1 is 1.30 bits per heavy atom. The molecule has 0 spiro atoms. The molecule has 1 N–H and O–H groups in total. The van der Waals surface area contributed by atoms with E-state index in [-0.39, 0.29) is 5.91 Å². The number of amides is 1. The van der Waals surface area contributed by atoms with Crippen LogP contribution in [-0.4, -0.2) is 44.3 Å². The number of hydrogen-bond acceptors (Lipinski definition) is 3. The summed E-state index contributed by atoms with van der Waals surface area (Å²) in [5, 5.41) is 14.2. The molecule has 23 heavy (non-hydrogen) atoms. The lowest BCUT2D eigenvalue weighted by molar-refractivity contribution is -0.141. The standard InChI is InChI=1S/C15H13Cl2N3O3/c16-10-3-4-12(11(17)6-10)20-8-9(7-18-20)14(21)19-5-1-2-13(19)15(22)23/h3-4,6-8,13H,1-2,5H2,(H,22,23)/t13-/m1/s1. The van der Waals surface area contributed by atoms with E-state index in [9.17, 15) is 14.7 Å². The van der Waals surface area contributed by atoms with Crippen molar-refractivity contribution in [3.8, 4) is 5.69 Å². The number of nitrogens with zero attached hydrogens (tertiary/aromatic N) is 3. The van der Waals surface area contributed by atoms with Gasteiger partial charge in [-0.3, -0.25) is 4.79 Å². The van der Waals surface area contributed by atoms with E-state index in [0.29, 0.717) is 40.7 Å². The molecule has 2 heterocycles. The molecule has 6 nitrogen and oxygen atoms in total. The summed E-state index contributed by atoms with van der Waals surface area (Å²) >= 11 is 12.0. The molecular formula is C15H13Cl2N3O3. The minimum atomic E-state index is -0.982. The van der Waals surface area contributed by atoms with Gasteiger partial charge < -0.3 is 10.0 Å². The Hall–Kier alpha value is -2.05. The van der Waals surface area contributed by atoms with Crippen LogP contribution in [0.15, 0.2) is 30.6 Å². The quantitative estimate of drug-likeness (QED) is 0.920. The van der Waals surface area contributed by atoms with Crippen molar-refractivity contribution in [2.45, 2.75) is 18.9 Å². The molecule has 0 saturated carbocycles. The van der Waals surface area contributed by atoms with Gasteiger partial charge in [-0.2, -0.15) is 5.10 Å². The highest BCUT2D eigenvalue weighted by molar-refractivity contribution is 6.35. The van der Waals surface area contributed by atoms with Crippen molar-refractivity contribution in [1.29, 1.82) is 0 Å². The second-order valence-electron chi connectivity index (χ2n) is 5.26. The summed E-state index contributed by atoms with van der Waals surface area (Å²) in [6.45, 7) is 0.433. The molecule has 0 aliphatic carbocycles. The molecule has 3 rings (SSSR count). The van der Waals surface area contributed by atoms with Crippen molar-refractivity contribution in [3.05, 3.63) is 46.2 Å². The number of carbonyl (C=O) groups excluding carboxylic acids is 1.